The van der Waals surface area contributed by atoms with Crippen LogP contribution in [-0.2, 0) is 10.0 Å². The largest absolute Gasteiger partial charge is 0.336 e. The second-order valence-electron chi connectivity index (χ2n) is 6.15. The predicted molar refractivity (Wildman–Crippen MR) is 89.4 cm³/mol. The summed E-state index contributed by atoms with van der Waals surface area (Å²) >= 11 is 0. The van der Waals surface area contributed by atoms with Gasteiger partial charge in [0.05, 0.1) is 11.9 Å². The van der Waals surface area contributed by atoms with E-state index in [1.54, 1.807) is 15.5 Å². The molecule has 0 radical (unpaired) electrons. The topological polar surface area (TPSA) is 87.9 Å². The third-order valence-corrected chi connectivity index (χ3v) is 5.46. The molecule has 1 aliphatic rings. The Morgan fingerprint density at radius 3 is 2.58 bits per heavy atom. The third kappa shape index (κ3) is 3.27. The van der Waals surface area contributed by atoms with Gasteiger partial charge in [-0.1, -0.05) is 0 Å². The van der Waals surface area contributed by atoms with Crippen molar-refractivity contribution in [3.63, 3.8) is 0 Å². The molecule has 0 bridgehead atoms. The molecule has 9 heteroatoms. The summed E-state index contributed by atoms with van der Waals surface area (Å²) in [6, 6.07) is 3.55. The molecule has 1 aliphatic heterocycles. The van der Waals surface area contributed by atoms with Gasteiger partial charge in [-0.25, -0.2) is 22.2 Å². The standard InChI is InChI=1S/C15H21N5O3S/c1-11-9-14-16-13(10-12(2)20(14)17-11)15(21)18-5-4-6-19(8-7-18)24(3,22)23/h9-10H,4-8H2,1-3H3. The van der Waals surface area contributed by atoms with Crippen LogP contribution in [0.3, 0.4) is 0 Å². The Balaban J connectivity index is 1.84. The Kier molecular flexibility index (Phi) is 4.31. The molecule has 0 N–H and O–H groups in total. The average molecular weight is 351 g/mol. The molecule has 0 saturated carbocycles. The highest BCUT2D eigenvalue weighted by Gasteiger charge is 2.25. The molecule has 8 nitrogen and oxygen atoms in total. The van der Waals surface area contributed by atoms with E-state index in [4.69, 9.17) is 0 Å². The summed E-state index contributed by atoms with van der Waals surface area (Å²) in [5.74, 6) is -0.171. The minimum absolute atomic E-state index is 0.171. The van der Waals surface area contributed by atoms with E-state index in [9.17, 15) is 13.2 Å². The summed E-state index contributed by atoms with van der Waals surface area (Å²) in [7, 11) is -3.23. The Hall–Kier alpha value is -2.00. The van der Waals surface area contributed by atoms with E-state index in [0.29, 0.717) is 43.9 Å². The average Bonchev–Trinajstić information content (AvgIpc) is 2.71. The van der Waals surface area contributed by atoms with Crippen LogP contribution in [0.4, 0.5) is 0 Å². The lowest BCUT2D eigenvalue weighted by Crippen LogP contribution is -2.37. The van der Waals surface area contributed by atoms with Crippen LogP contribution < -0.4 is 0 Å². The molecule has 0 unspecified atom stereocenters. The smallest absolute Gasteiger partial charge is 0.272 e. The van der Waals surface area contributed by atoms with Crippen molar-refractivity contribution in [3.05, 3.63) is 29.2 Å². The molecule has 3 heterocycles. The normalized spacial score (nSPS) is 17.2. The maximum atomic E-state index is 12.8. The van der Waals surface area contributed by atoms with Gasteiger partial charge in [0, 0.05) is 37.9 Å². The molecule has 3 rings (SSSR count). The highest BCUT2D eigenvalue weighted by Crippen LogP contribution is 2.13. The van der Waals surface area contributed by atoms with E-state index in [0.717, 1.165) is 11.4 Å². The first-order valence-corrected chi connectivity index (χ1v) is 9.69. The van der Waals surface area contributed by atoms with Crippen molar-refractivity contribution in [2.75, 3.05) is 32.4 Å². The Bertz CT molecular complexity index is 890. The van der Waals surface area contributed by atoms with E-state index >= 15 is 0 Å². The van der Waals surface area contributed by atoms with Crippen LogP contribution in [0.2, 0.25) is 0 Å². The second kappa shape index (κ2) is 6.14. The van der Waals surface area contributed by atoms with Crippen LogP contribution >= 0.6 is 0 Å². The van der Waals surface area contributed by atoms with Crippen LogP contribution in [0.15, 0.2) is 12.1 Å². The number of sulfonamides is 1. The molecule has 2 aromatic rings. The van der Waals surface area contributed by atoms with Crippen molar-refractivity contribution >= 4 is 21.6 Å². The highest BCUT2D eigenvalue weighted by molar-refractivity contribution is 7.88. The molecular weight excluding hydrogens is 330 g/mol. The highest BCUT2D eigenvalue weighted by atomic mass is 32.2. The van der Waals surface area contributed by atoms with Crippen molar-refractivity contribution in [1.29, 1.82) is 0 Å². The first kappa shape index (κ1) is 16.8. The molecular formula is C15H21N5O3S. The quantitative estimate of drug-likeness (QED) is 0.784. The Morgan fingerprint density at radius 2 is 1.88 bits per heavy atom. The maximum absolute atomic E-state index is 12.8. The van der Waals surface area contributed by atoms with E-state index in [1.165, 1.54) is 10.6 Å². The fourth-order valence-corrected chi connectivity index (χ4v) is 3.81. The minimum Gasteiger partial charge on any atom is -0.336 e. The summed E-state index contributed by atoms with van der Waals surface area (Å²) < 4.78 is 26.5. The summed E-state index contributed by atoms with van der Waals surface area (Å²) in [6.45, 7) is 5.41. The summed E-state index contributed by atoms with van der Waals surface area (Å²) in [6.07, 6.45) is 1.82. The molecule has 0 spiro atoms. The van der Waals surface area contributed by atoms with Gasteiger partial charge in [0.25, 0.3) is 5.91 Å². The van der Waals surface area contributed by atoms with E-state index < -0.39 is 10.0 Å². The van der Waals surface area contributed by atoms with Crippen LogP contribution in [0.5, 0.6) is 0 Å². The predicted octanol–water partition coefficient (Wildman–Crippen LogP) is 0.454. The van der Waals surface area contributed by atoms with Gasteiger partial charge in [0.2, 0.25) is 10.0 Å². The number of rotatable bonds is 2. The van der Waals surface area contributed by atoms with Gasteiger partial charge in [0.1, 0.15) is 5.69 Å². The van der Waals surface area contributed by atoms with E-state index in [1.807, 2.05) is 19.9 Å². The van der Waals surface area contributed by atoms with Crippen molar-refractivity contribution < 1.29 is 13.2 Å². The van der Waals surface area contributed by atoms with Crippen LogP contribution in [0.1, 0.15) is 28.3 Å². The zero-order valence-corrected chi connectivity index (χ0v) is 14.9. The zero-order chi connectivity index (χ0) is 17.5. The first-order chi connectivity index (χ1) is 11.3. The lowest BCUT2D eigenvalue weighted by molar-refractivity contribution is 0.0758. The molecule has 0 aliphatic carbocycles. The summed E-state index contributed by atoms with van der Waals surface area (Å²) in [5.41, 5.74) is 2.69. The van der Waals surface area contributed by atoms with Gasteiger partial charge in [0.15, 0.2) is 5.65 Å². The first-order valence-electron chi connectivity index (χ1n) is 7.84. The van der Waals surface area contributed by atoms with Crippen LogP contribution in [0, 0.1) is 13.8 Å². The monoisotopic (exact) mass is 351 g/mol. The summed E-state index contributed by atoms with van der Waals surface area (Å²) in [5, 5.41) is 4.33. The molecule has 2 aromatic heterocycles. The fourth-order valence-electron chi connectivity index (χ4n) is 2.94. The number of hydrogen-bond donors (Lipinski definition) is 0. The number of hydrogen-bond acceptors (Lipinski definition) is 5. The van der Waals surface area contributed by atoms with Gasteiger partial charge in [-0.05, 0) is 26.3 Å². The molecule has 1 amide bonds. The number of carbonyl (C=O) groups is 1. The van der Waals surface area contributed by atoms with Crippen LogP contribution in [-0.4, -0.2) is 70.6 Å². The van der Waals surface area contributed by atoms with Gasteiger partial charge in [-0.2, -0.15) is 5.10 Å². The van der Waals surface area contributed by atoms with E-state index in [-0.39, 0.29) is 5.91 Å². The number of carbonyl (C=O) groups excluding carboxylic acids is 1. The molecule has 0 atom stereocenters. The summed E-state index contributed by atoms with van der Waals surface area (Å²) in [4.78, 5) is 18.9. The third-order valence-electron chi connectivity index (χ3n) is 4.16. The lowest BCUT2D eigenvalue weighted by Gasteiger charge is -2.20. The van der Waals surface area contributed by atoms with Gasteiger partial charge in [-0.3, -0.25) is 4.79 Å². The Morgan fingerprint density at radius 1 is 1.12 bits per heavy atom. The lowest BCUT2D eigenvalue weighted by atomic mass is 10.2. The number of amides is 1. The number of fused-ring (bicyclic) bond motifs is 1. The Labute approximate surface area is 141 Å². The van der Waals surface area contributed by atoms with Gasteiger partial charge >= 0.3 is 0 Å². The van der Waals surface area contributed by atoms with Crippen molar-refractivity contribution in [2.45, 2.75) is 20.3 Å². The SMILES string of the molecule is Cc1cc2nc(C(=O)N3CCCN(S(C)(=O)=O)CC3)cc(C)n2n1. The molecule has 24 heavy (non-hydrogen) atoms. The van der Waals surface area contributed by atoms with Crippen molar-refractivity contribution in [3.8, 4) is 0 Å². The van der Waals surface area contributed by atoms with Crippen molar-refractivity contribution in [2.24, 2.45) is 0 Å². The minimum atomic E-state index is -3.23. The molecule has 1 fully saturated rings. The van der Waals surface area contributed by atoms with Gasteiger partial charge in [-0.15, -0.1) is 0 Å². The number of aryl methyl sites for hydroxylation is 2. The van der Waals surface area contributed by atoms with Gasteiger partial charge < -0.3 is 4.90 Å². The van der Waals surface area contributed by atoms with Crippen molar-refractivity contribution in [1.82, 2.24) is 23.8 Å². The maximum Gasteiger partial charge on any atom is 0.272 e. The fraction of sp³-hybridized carbons (Fsp3) is 0.533. The second-order valence-corrected chi connectivity index (χ2v) is 8.13. The number of nitrogens with zero attached hydrogens (tertiary/aromatic N) is 5. The number of aromatic nitrogens is 3. The van der Waals surface area contributed by atoms with Crippen LogP contribution in [0.25, 0.3) is 5.65 Å². The van der Waals surface area contributed by atoms with E-state index in [2.05, 4.69) is 10.1 Å². The molecule has 0 aromatic carbocycles. The molecule has 130 valence electrons. The zero-order valence-electron chi connectivity index (χ0n) is 14.1. The molecule has 1 saturated heterocycles.